The summed E-state index contributed by atoms with van der Waals surface area (Å²) in [4.78, 5) is 13.3. The van der Waals surface area contributed by atoms with Crippen molar-refractivity contribution in [3.8, 4) is 11.5 Å². The van der Waals surface area contributed by atoms with Crippen LogP contribution >= 0.6 is 11.8 Å². The van der Waals surface area contributed by atoms with Gasteiger partial charge in [0.1, 0.15) is 6.61 Å². The number of hydrogen-bond acceptors (Lipinski definition) is 5. The average molecular weight is 511 g/mol. The molecule has 0 aromatic heterocycles. The maximum Gasteiger partial charge on any atom is 0.260 e. The highest BCUT2D eigenvalue weighted by atomic mass is 32.2. The van der Waals surface area contributed by atoms with Gasteiger partial charge in [0, 0.05) is 5.69 Å². The molecule has 188 valence electrons. The van der Waals surface area contributed by atoms with Crippen LogP contribution in [0, 0.1) is 0 Å². The van der Waals surface area contributed by atoms with Crippen LogP contribution in [0.2, 0.25) is 0 Å². The summed E-state index contributed by atoms with van der Waals surface area (Å²) in [5, 5.41) is 8.76. The SMILES string of the molecule is CCOc1cc(/C=C2\S[C@H](Nc3ccc(CC)cc3)NC2=O)ccc1OCc1ccc2ccccc2c1. The minimum Gasteiger partial charge on any atom is -0.490 e. The van der Waals surface area contributed by atoms with Gasteiger partial charge in [-0.2, -0.15) is 0 Å². The van der Waals surface area contributed by atoms with Gasteiger partial charge in [0.05, 0.1) is 11.5 Å². The fourth-order valence-corrected chi connectivity index (χ4v) is 5.18. The van der Waals surface area contributed by atoms with Crippen LogP contribution in [-0.2, 0) is 17.8 Å². The van der Waals surface area contributed by atoms with Gasteiger partial charge in [-0.05, 0) is 77.2 Å². The van der Waals surface area contributed by atoms with Gasteiger partial charge in [-0.3, -0.25) is 4.79 Å². The molecule has 5 nitrogen and oxygen atoms in total. The number of amides is 1. The molecular formula is C31H30N2O3S. The lowest BCUT2D eigenvalue weighted by Gasteiger charge is -2.13. The Hall–Kier alpha value is -3.90. The Balaban J connectivity index is 1.27. The van der Waals surface area contributed by atoms with Crippen LogP contribution in [0.5, 0.6) is 11.5 Å². The molecule has 1 atom stereocenters. The lowest BCUT2D eigenvalue weighted by atomic mass is 10.1. The number of carbonyl (C=O) groups excluding carboxylic acids is 1. The molecule has 1 saturated heterocycles. The van der Waals surface area contributed by atoms with Crippen molar-refractivity contribution in [2.45, 2.75) is 32.4 Å². The zero-order valence-electron chi connectivity index (χ0n) is 21.0. The fraction of sp³-hybridized carbons (Fsp3) is 0.194. The molecule has 1 aliphatic heterocycles. The van der Waals surface area contributed by atoms with E-state index >= 15 is 0 Å². The van der Waals surface area contributed by atoms with Gasteiger partial charge in [0.25, 0.3) is 5.91 Å². The third-order valence-corrected chi connectivity index (χ3v) is 7.19. The van der Waals surface area contributed by atoms with Gasteiger partial charge in [0.2, 0.25) is 0 Å². The van der Waals surface area contributed by atoms with Crippen molar-refractivity contribution in [2.24, 2.45) is 0 Å². The number of anilines is 1. The van der Waals surface area contributed by atoms with Crippen LogP contribution in [-0.4, -0.2) is 18.0 Å². The summed E-state index contributed by atoms with van der Waals surface area (Å²) in [6, 6.07) is 28.7. The molecule has 4 aromatic rings. The smallest absolute Gasteiger partial charge is 0.260 e. The summed E-state index contributed by atoms with van der Waals surface area (Å²) in [7, 11) is 0. The van der Waals surface area contributed by atoms with Crippen molar-refractivity contribution < 1.29 is 14.3 Å². The number of aryl methyl sites for hydroxylation is 1. The monoisotopic (exact) mass is 510 g/mol. The topological polar surface area (TPSA) is 59.6 Å². The van der Waals surface area contributed by atoms with E-state index in [1.807, 2.05) is 55.5 Å². The number of hydrogen-bond donors (Lipinski definition) is 2. The van der Waals surface area contributed by atoms with Crippen molar-refractivity contribution in [3.05, 3.63) is 107 Å². The molecular weight excluding hydrogens is 480 g/mol. The first-order valence-corrected chi connectivity index (χ1v) is 13.4. The normalized spacial score (nSPS) is 16.1. The van der Waals surface area contributed by atoms with Crippen LogP contribution in [0.4, 0.5) is 5.69 Å². The van der Waals surface area contributed by atoms with Crippen molar-refractivity contribution in [3.63, 3.8) is 0 Å². The number of ether oxygens (including phenoxy) is 2. The Morgan fingerprint density at radius 3 is 2.43 bits per heavy atom. The second kappa shape index (κ2) is 11.4. The van der Waals surface area contributed by atoms with Gasteiger partial charge in [0.15, 0.2) is 17.0 Å². The first-order chi connectivity index (χ1) is 18.1. The predicted molar refractivity (Wildman–Crippen MR) is 153 cm³/mol. The molecule has 0 saturated carbocycles. The van der Waals surface area contributed by atoms with E-state index in [4.69, 9.17) is 9.47 Å². The number of thioether (sulfide) groups is 1. The molecule has 0 bridgehead atoms. The van der Waals surface area contributed by atoms with E-state index < -0.39 is 0 Å². The average Bonchev–Trinajstić information content (AvgIpc) is 3.26. The molecule has 0 spiro atoms. The summed E-state index contributed by atoms with van der Waals surface area (Å²) < 4.78 is 12.0. The molecule has 1 amide bonds. The van der Waals surface area contributed by atoms with E-state index in [9.17, 15) is 4.79 Å². The molecule has 37 heavy (non-hydrogen) atoms. The molecule has 5 rings (SSSR count). The van der Waals surface area contributed by atoms with Crippen LogP contribution < -0.4 is 20.1 Å². The highest BCUT2D eigenvalue weighted by molar-refractivity contribution is 8.05. The lowest BCUT2D eigenvalue weighted by molar-refractivity contribution is -0.116. The lowest BCUT2D eigenvalue weighted by Crippen LogP contribution is -2.30. The van der Waals surface area contributed by atoms with E-state index in [1.54, 1.807) is 0 Å². The van der Waals surface area contributed by atoms with E-state index in [0.717, 1.165) is 23.2 Å². The predicted octanol–water partition coefficient (Wildman–Crippen LogP) is 6.98. The zero-order chi connectivity index (χ0) is 25.6. The molecule has 1 fully saturated rings. The molecule has 1 heterocycles. The van der Waals surface area contributed by atoms with Crippen molar-refractivity contribution in [2.75, 3.05) is 11.9 Å². The van der Waals surface area contributed by atoms with E-state index in [0.29, 0.717) is 29.6 Å². The molecule has 0 aliphatic carbocycles. The molecule has 6 heteroatoms. The van der Waals surface area contributed by atoms with Gasteiger partial charge < -0.3 is 20.1 Å². The highest BCUT2D eigenvalue weighted by Gasteiger charge is 2.27. The minimum absolute atomic E-state index is 0.0951. The number of nitrogens with one attached hydrogen (secondary N) is 2. The van der Waals surface area contributed by atoms with E-state index in [1.165, 1.54) is 28.1 Å². The van der Waals surface area contributed by atoms with Crippen LogP contribution in [0.3, 0.4) is 0 Å². The molecule has 1 aliphatic rings. The summed E-state index contributed by atoms with van der Waals surface area (Å²) in [5.41, 5.74) is 4.01. The standard InChI is InChI=1S/C31H30N2O3S/c1-3-21-10-14-26(15-11-21)32-31-33-30(34)29(37-31)19-22-12-16-27(28(18-22)35-4-2)36-20-23-9-13-24-7-5-6-8-25(24)17-23/h5-19,31-32H,3-4,20H2,1-2H3,(H,33,34)/b29-19-/t31-/m1/s1. The van der Waals surface area contributed by atoms with Gasteiger partial charge in [-0.15, -0.1) is 0 Å². The van der Waals surface area contributed by atoms with Crippen molar-refractivity contribution in [1.82, 2.24) is 5.32 Å². The first kappa shape index (κ1) is 24.8. The summed E-state index contributed by atoms with van der Waals surface area (Å²) >= 11 is 1.47. The maximum atomic E-state index is 12.6. The Kier molecular flexibility index (Phi) is 7.66. The Morgan fingerprint density at radius 2 is 1.65 bits per heavy atom. The quantitative estimate of drug-likeness (QED) is 0.238. The Bertz CT molecular complexity index is 1430. The van der Waals surface area contributed by atoms with Crippen LogP contribution in [0.15, 0.2) is 89.8 Å². The number of fused-ring (bicyclic) bond motifs is 1. The Labute approximate surface area is 221 Å². The summed E-state index contributed by atoms with van der Waals surface area (Å²) in [6.45, 7) is 5.04. The van der Waals surface area contributed by atoms with E-state index in [-0.39, 0.29) is 11.4 Å². The van der Waals surface area contributed by atoms with Gasteiger partial charge in [-0.25, -0.2) is 0 Å². The molecule has 0 radical (unpaired) electrons. The van der Waals surface area contributed by atoms with Gasteiger partial charge >= 0.3 is 0 Å². The second-order valence-electron chi connectivity index (χ2n) is 8.78. The first-order valence-electron chi connectivity index (χ1n) is 12.5. The zero-order valence-corrected chi connectivity index (χ0v) is 21.8. The van der Waals surface area contributed by atoms with Crippen molar-refractivity contribution >= 4 is 40.2 Å². The van der Waals surface area contributed by atoms with Gasteiger partial charge in [-0.1, -0.05) is 73.3 Å². The third-order valence-electron chi connectivity index (χ3n) is 6.16. The number of carbonyl (C=O) groups is 1. The van der Waals surface area contributed by atoms with Crippen molar-refractivity contribution in [1.29, 1.82) is 0 Å². The number of benzene rings is 4. The summed E-state index contributed by atoms with van der Waals surface area (Å²) in [6.07, 6.45) is 2.89. The summed E-state index contributed by atoms with van der Waals surface area (Å²) in [5.74, 6) is 1.24. The molecule has 2 N–H and O–H groups in total. The molecule has 0 unspecified atom stereocenters. The highest BCUT2D eigenvalue weighted by Crippen LogP contribution is 2.34. The third kappa shape index (κ3) is 6.09. The molecule has 4 aromatic carbocycles. The fourth-order valence-electron chi connectivity index (χ4n) is 4.20. The van der Waals surface area contributed by atoms with Crippen LogP contribution in [0.1, 0.15) is 30.5 Å². The maximum absolute atomic E-state index is 12.6. The minimum atomic E-state index is -0.220. The van der Waals surface area contributed by atoms with E-state index in [2.05, 4.69) is 60.0 Å². The van der Waals surface area contributed by atoms with Crippen LogP contribution in [0.25, 0.3) is 16.8 Å². The largest absolute Gasteiger partial charge is 0.490 e. The Morgan fingerprint density at radius 1 is 0.865 bits per heavy atom. The number of rotatable bonds is 9. The second-order valence-corrected chi connectivity index (χ2v) is 9.93.